The van der Waals surface area contributed by atoms with Crippen molar-refractivity contribution in [3.63, 3.8) is 0 Å². The highest BCUT2D eigenvalue weighted by Crippen LogP contribution is 2.41. The van der Waals surface area contributed by atoms with E-state index in [-0.39, 0.29) is 11.3 Å². The van der Waals surface area contributed by atoms with Crippen LogP contribution in [-0.4, -0.2) is 29.1 Å². The number of rotatable bonds is 5. The fourth-order valence-corrected chi connectivity index (χ4v) is 5.86. The molecule has 3 N–H and O–H groups in total. The number of amides is 1. The molecule has 0 saturated carbocycles. The number of pyridine rings is 1. The molecule has 1 aliphatic carbocycles. The van der Waals surface area contributed by atoms with Gasteiger partial charge in [-0.05, 0) is 75.3 Å². The number of nitrogens with zero attached hydrogens (tertiary/aromatic N) is 1. The van der Waals surface area contributed by atoms with Gasteiger partial charge in [-0.3, -0.25) is 9.59 Å². The van der Waals surface area contributed by atoms with Gasteiger partial charge in [-0.15, -0.1) is 11.3 Å². The van der Waals surface area contributed by atoms with Gasteiger partial charge >= 0.3 is 0 Å². The van der Waals surface area contributed by atoms with E-state index in [0.717, 1.165) is 49.2 Å². The van der Waals surface area contributed by atoms with Gasteiger partial charge < -0.3 is 20.3 Å². The highest BCUT2D eigenvalue weighted by atomic mass is 32.1. The number of carbonyl (C=O) groups is 1. The minimum atomic E-state index is -0.594. The molecular formula is C24H29N3O3S. The maximum atomic E-state index is 13.0. The number of carbonyl (C=O) groups excluding carboxylic acids is 1. The van der Waals surface area contributed by atoms with Gasteiger partial charge in [0.25, 0.3) is 11.5 Å². The molecule has 7 heteroatoms. The zero-order valence-electron chi connectivity index (χ0n) is 18.5. The quantitative estimate of drug-likeness (QED) is 0.532. The van der Waals surface area contributed by atoms with Crippen LogP contribution in [0.4, 0.5) is 11.4 Å². The van der Waals surface area contributed by atoms with Crippen LogP contribution in [0.25, 0.3) is 10.2 Å². The van der Waals surface area contributed by atoms with E-state index in [1.165, 1.54) is 16.2 Å². The standard InChI is InChI=1S/C24H29N3O3S/c1-5-27(6-2)15-8-10-17(14(4)12-15)25-22(29)20-21(28)19-16-9-7-13(3)11-18(16)31-24(19)26-23(20)30/h8,10,12-13H,5-7,9,11H2,1-4H3,(H,25,29)(H2,26,28,30)/t13-/m0/s1. The number of aryl methyl sites for hydroxylation is 2. The molecule has 1 atom stereocenters. The molecule has 1 aromatic carbocycles. The predicted molar refractivity (Wildman–Crippen MR) is 128 cm³/mol. The van der Waals surface area contributed by atoms with Crippen molar-refractivity contribution in [1.29, 1.82) is 0 Å². The number of thiophene rings is 1. The summed E-state index contributed by atoms with van der Waals surface area (Å²) in [4.78, 5) is 32.6. The Morgan fingerprint density at radius 2 is 2.06 bits per heavy atom. The zero-order chi connectivity index (χ0) is 22.3. The van der Waals surface area contributed by atoms with Gasteiger partial charge in [-0.25, -0.2) is 0 Å². The molecule has 31 heavy (non-hydrogen) atoms. The maximum Gasteiger partial charge on any atom is 0.265 e. The Hall–Kier alpha value is -2.80. The normalized spacial score (nSPS) is 15.7. The summed E-state index contributed by atoms with van der Waals surface area (Å²) in [5, 5.41) is 14.4. The molecule has 0 saturated heterocycles. The molecule has 0 bridgehead atoms. The summed E-state index contributed by atoms with van der Waals surface area (Å²) in [5.41, 5.74) is 2.89. The van der Waals surface area contributed by atoms with Gasteiger partial charge in [0.05, 0.1) is 5.39 Å². The first-order chi connectivity index (χ1) is 14.8. The van der Waals surface area contributed by atoms with Crippen molar-refractivity contribution in [2.24, 2.45) is 5.92 Å². The largest absolute Gasteiger partial charge is 0.506 e. The molecule has 0 spiro atoms. The molecule has 164 valence electrons. The Bertz CT molecular complexity index is 1210. The second-order valence-corrected chi connectivity index (χ2v) is 9.46. The SMILES string of the molecule is CCN(CC)c1ccc(NC(=O)c2c(O)c3c4c(sc3[nH]c2=O)C[C@@H](C)CC4)c(C)c1. The lowest BCUT2D eigenvalue weighted by molar-refractivity contribution is 0.102. The third kappa shape index (κ3) is 3.82. The van der Waals surface area contributed by atoms with Crippen LogP contribution in [0.1, 0.15) is 53.6 Å². The fourth-order valence-electron chi connectivity index (χ4n) is 4.46. The van der Waals surface area contributed by atoms with Gasteiger partial charge in [0.1, 0.15) is 16.1 Å². The van der Waals surface area contributed by atoms with E-state index in [2.05, 4.69) is 36.0 Å². The van der Waals surface area contributed by atoms with Gasteiger partial charge in [0.15, 0.2) is 0 Å². The first kappa shape index (κ1) is 21.4. The number of hydrogen-bond acceptors (Lipinski definition) is 5. The number of aromatic nitrogens is 1. The number of aromatic amines is 1. The lowest BCUT2D eigenvalue weighted by atomic mass is 9.89. The third-order valence-corrected chi connectivity index (χ3v) is 7.42. The van der Waals surface area contributed by atoms with E-state index < -0.39 is 11.5 Å². The summed E-state index contributed by atoms with van der Waals surface area (Å²) in [6.45, 7) is 10.1. The van der Waals surface area contributed by atoms with Crippen molar-refractivity contribution in [3.8, 4) is 5.75 Å². The molecule has 4 rings (SSSR count). The first-order valence-corrected chi connectivity index (χ1v) is 11.7. The Balaban J connectivity index is 1.69. The van der Waals surface area contributed by atoms with Crippen molar-refractivity contribution >= 4 is 38.8 Å². The number of fused-ring (bicyclic) bond motifs is 3. The minimum absolute atomic E-state index is 0.208. The average molecular weight is 440 g/mol. The fraction of sp³-hybridized carbons (Fsp3) is 0.417. The number of aromatic hydroxyl groups is 1. The molecule has 2 aromatic heterocycles. The lowest BCUT2D eigenvalue weighted by Gasteiger charge is -2.22. The second-order valence-electron chi connectivity index (χ2n) is 8.36. The van der Waals surface area contributed by atoms with Gasteiger partial charge in [-0.1, -0.05) is 6.92 Å². The van der Waals surface area contributed by atoms with Crippen LogP contribution >= 0.6 is 11.3 Å². The highest BCUT2D eigenvalue weighted by molar-refractivity contribution is 7.18. The van der Waals surface area contributed by atoms with E-state index in [9.17, 15) is 14.7 Å². The average Bonchev–Trinajstić information content (AvgIpc) is 3.08. The van der Waals surface area contributed by atoms with Gasteiger partial charge in [-0.2, -0.15) is 0 Å². The second kappa shape index (κ2) is 8.38. The number of nitrogens with one attached hydrogen (secondary N) is 2. The van der Waals surface area contributed by atoms with Gasteiger partial charge in [0, 0.05) is 29.3 Å². The van der Waals surface area contributed by atoms with Crippen LogP contribution in [-0.2, 0) is 12.8 Å². The summed E-state index contributed by atoms with van der Waals surface area (Å²) < 4.78 is 0. The summed E-state index contributed by atoms with van der Waals surface area (Å²) in [5.74, 6) is -0.219. The molecule has 2 heterocycles. The number of anilines is 2. The van der Waals surface area contributed by atoms with Crippen LogP contribution in [0, 0.1) is 12.8 Å². The smallest absolute Gasteiger partial charge is 0.265 e. The summed E-state index contributed by atoms with van der Waals surface area (Å²) >= 11 is 1.52. The predicted octanol–water partition coefficient (Wildman–Crippen LogP) is 4.83. The number of benzene rings is 1. The monoisotopic (exact) mass is 439 g/mol. The first-order valence-electron chi connectivity index (χ1n) is 10.9. The molecule has 0 radical (unpaired) electrons. The van der Waals surface area contributed by atoms with Crippen molar-refractivity contribution in [2.75, 3.05) is 23.3 Å². The zero-order valence-corrected chi connectivity index (χ0v) is 19.3. The van der Waals surface area contributed by atoms with E-state index in [0.29, 0.717) is 21.8 Å². The van der Waals surface area contributed by atoms with E-state index in [1.807, 2.05) is 25.1 Å². The molecular weight excluding hydrogens is 410 g/mol. The van der Waals surface area contributed by atoms with Crippen LogP contribution in [0.3, 0.4) is 0 Å². The Morgan fingerprint density at radius 3 is 2.74 bits per heavy atom. The maximum absolute atomic E-state index is 13.0. The third-order valence-electron chi connectivity index (χ3n) is 6.25. The van der Waals surface area contributed by atoms with Crippen LogP contribution in [0.15, 0.2) is 23.0 Å². The van der Waals surface area contributed by atoms with Crippen molar-refractivity contribution in [3.05, 3.63) is 50.1 Å². The summed E-state index contributed by atoms with van der Waals surface area (Å²) in [6.07, 6.45) is 2.83. The van der Waals surface area contributed by atoms with E-state index in [1.54, 1.807) is 0 Å². The van der Waals surface area contributed by atoms with Crippen molar-refractivity contribution in [1.82, 2.24) is 4.98 Å². The lowest BCUT2D eigenvalue weighted by Crippen LogP contribution is -2.24. The molecule has 1 aliphatic rings. The molecule has 0 unspecified atom stereocenters. The highest BCUT2D eigenvalue weighted by Gasteiger charge is 2.27. The number of H-pyrrole nitrogens is 1. The van der Waals surface area contributed by atoms with E-state index >= 15 is 0 Å². The molecule has 1 amide bonds. The van der Waals surface area contributed by atoms with Gasteiger partial charge in [0.2, 0.25) is 0 Å². The molecule has 0 aliphatic heterocycles. The number of hydrogen-bond donors (Lipinski definition) is 3. The van der Waals surface area contributed by atoms with Crippen LogP contribution in [0.2, 0.25) is 0 Å². The minimum Gasteiger partial charge on any atom is -0.506 e. The van der Waals surface area contributed by atoms with Crippen LogP contribution < -0.4 is 15.8 Å². The van der Waals surface area contributed by atoms with Crippen molar-refractivity contribution in [2.45, 2.75) is 47.0 Å². The Kier molecular flexibility index (Phi) is 5.79. The topological polar surface area (TPSA) is 85.4 Å². The summed E-state index contributed by atoms with van der Waals surface area (Å²) in [6, 6.07) is 5.82. The van der Waals surface area contributed by atoms with Crippen LogP contribution in [0.5, 0.6) is 5.75 Å². The molecule has 0 fully saturated rings. The Morgan fingerprint density at radius 1 is 1.32 bits per heavy atom. The molecule has 3 aromatic rings. The molecule has 6 nitrogen and oxygen atoms in total. The van der Waals surface area contributed by atoms with E-state index in [4.69, 9.17) is 0 Å². The Labute approximate surface area is 185 Å². The van der Waals surface area contributed by atoms with Crippen molar-refractivity contribution < 1.29 is 9.90 Å². The summed E-state index contributed by atoms with van der Waals surface area (Å²) in [7, 11) is 0.